The van der Waals surface area contributed by atoms with Crippen LogP contribution in [-0.4, -0.2) is 28.4 Å². The van der Waals surface area contributed by atoms with Crippen LogP contribution in [0.1, 0.15) is 32.9 Å². The van der Waals surface area contributed by atoms with Gasteiger partial charge in [0.15, 0.2) is 0 Å². The Labute approximate surface area is 151 Å². The maximum atomic E-state index is 12.2. The van der Waals surface area contributed by atoms with Crippen LogP contribution >= 0.6 is 11.3 Å². The minimum absolute atomic E-state index is 0.0446. The van der Waals surface area contributed by atoms with Gasteiger partial charge in [-0.2, -0.15) is 0 Å². The number of ether oxygens (including phenoxy) is 1. The zero-order chi connectivity index (χ0) is 18.4. The summed E-state index contributed by atoms with van der Waals surface area (Å²) in [6.45, 7) is 6.20. The van der Waals surface area contributed by atoms with Crippen molar-refractivity contribution in [3.05, 3.63) is 35.3 Å². The van der Waals surface area contributed by atoms with Crippen LogP contribution in [0.2, 0.25) is 0 Å². The number of ketones is 1. The van der Waals surface area contributed by atoms with Crippen molar-refractivity contribution in [3.8, 4) is 16.3 Å². The molecule has 0 saturated carbocycles. The van der Waals surface area contributed by atoms with E-state index in [1.165, 1.54) is 11.3 Å². The van der Waals surface area contributed by atoms with E-state index in [9.17, 15) is 14.7 Å². The molecular formula is C19H23NO4S. The van der Waals surface area contributed by atoms with Gasteiger partial charge in [0.2, 0.25) is 0 Å². The van der Waals surface area contributed by atoms with E-state index in [0.717, 1.165) is 16.3 Å². The second-order valence-corrected chi connectivity index (χ2v) is 7.07. The molecule has 0 unspecified atom stereocenters. The third-order valence-corrected chi connectivity index (χ3v) is 4.85. The van der Waals surface area contributed by atoms with Crippen molar-refractivity contribution in [1.82, 2.24) is 4.98 Å². The number of carboxylic acids is 1. The first-order valence-electron chi connectivity index (χ1n) is 8.32. The Morgan fingerprint density at radius 3 is 2.48 bits per heavy atom. The molecule has 1 atom stereocenters. The average Bonchev–Trinajstić information content (AvgIpc) is 3.01. The molecule has 0 aliphatic rings. The molecule has 0 spiro atoms. The number of thiazole rings is 1. The van der Waals surface area contributed by atoms with E-state index in [1.807, 2.05) is 50.4 Å². The monoisotopic (exact) mass is 361 g/mol. The number of benzene rings is 1. The zero-order valence-corrected chi connectivity index (χ0v) is 15.5. The van der Waals surface area contributed by atoms with E-state index in [4.69, 9.17) is 4.74 Å². The Hall–Kier alpha value is -2.21. The van der Waals surface area contributed by atoms with Gasteiger partial charge >= 0.3 is 5.97 Å². The van der Waals surface area contributed by atoms with E-state index in [1.54, 1.807) is 0 Å². The lowest BCUT2D eigenvalue weighted by Gasteiger charge is -2.14. The van der Waals surface area contributed by atoms with Crippen LogP contribution in [-0.2, 0) is 16.0 Å². The number of carbonyl (C=O) groups is 2. The van der Waals surface area contributed by atoms with Crippen LogP contribution in [0.4, 0.5) is 0 Å². The van der Waals surface area contributed by atoms with Gasteiger partial charge in [0.1, 0.15) is 16.5 Å². The molecule has 25 heavy (non-hydrogen) atoms. The molecule has 6 heteroatoms. The Bertz CT molecular complexity index is 721. The van der Waals surface area contributed by atoms with Gasteiger partial charge < -0.3 is 9.84 Å². The normalized spacial score (nSPS) is 12.2. The maximum absolute atomic E-state index is 12.2. The highest BCUT2D eigenvalue weighted by Crippen LogP contribution is 2.26. The van der Waals surface area contributed by atoms with Gasteiger partial charge in [0.25, 0.3) is 0 Å². The Kier molecular flexibility index (Phi) is 6.70. The van der Waals surface area contributed by atoms with Crippen LogP contribution in [0.3, 0.4) is 0 Å². The summed E-state index contributed by atoms with van der Waals surface area (Å²) in [6.07, 6.45) is 0.215. The lowest BCUT2D eigenvalue weighted by atomic mass is 9.90. The Morgan fingerprint density at radius 1 is 1.24 bits per heavy atom. The fourth-order valence-electron chi connectivity index (χ4n) is 2.51. The molecule has 2 aromatic rings. The molecule has 1 aromatic carbocycles. The molecule has 1 aromatic heterocycles. The molecule has 1 N–H and O–H groups in total. The third-order valence-electron chi connectivity index (χ3n) is 3.91. The quantitative estimate of drug-likeness (QED) is 0.728. The highest BCUT2D eigenvalue weighted by Gasteiger charge is 2.24. The first-order valence-corrected chi connectivity index (χ1v) is 9.20. The van der Waals surface area contributed by atoms with Crippen LogP contribution in [0.25, 0.3) is 10.6 Å². The molecule has 2 rings (SSSR count). The number of aromatic nitrogens is 1. The molecule has 134 valence electrons. The van der Waals surface area contributed by atoms with Crippen molar-refractivity contribution in [1.29, 1.82) is 0 Å². The maximum Gasteiger partial charge on any atom is 0.307 e. The van der Waals surface area contributed by atoms with Crippen molar-refractivity contribution in [3.63, 3.8) is 0 Å². The summed E-state index contributed by atoms with van der Waals surface area (Å²) >= 11 is 1.47. The van der Waals surface area contributed by atoms with Crippen LogP contribution in [0, 0.1) is 11.8 Å². The van der Waals surface area contributed by atoms with E-state index < -0.39 is 11.9 Å². The molecule has 0 saturated heterocycles. The fraction of sp³-hybridized carbons (Fsp3) is 0.421. The van der Waals surface area contributed by atoms with Gasteiger partial charge in [0.05, 0.1) is 18.2 Å². The minimum atomic E-state index is -0.920. The number of hydrogen-bond donors (Lipinski definition) is 1. The molecule has 0 aliphatic heterocycles. The second kappa shape index (κ2) is 8.76. The van der Waals surface area contributed by atoms with Gasteiger partial charge in [-0.15, -0.1) is 11.3 Å². The summed E-state index contributed by atoms with van der Waals surface area (Å²) < 4.78 is 5.42. The van der Waals surface area contributed by atoms with Crippen molar-refractivity contribution >= 4 is 23.1 Å². The van der Waals surface area contributed by atoms with Gasteiger partial charge in [-0.3, -0.25) is 9.59 Å². The second-order valence-electron chi connectivity index (χ2n) is 6.21. The third kappa shape index (κ3) is 5.39. The standard InChI is InChI=1S/C19H23NO4S/c1-4-24-16-7-5-13(6-8-16)18-20-14(11-25-18)9-15(21)10-17(12(2)3)19(22)23/h5-8,11-12,17H,4,9-10H2,1-3H3,(H,22,23)/t17-/m1/s1. The minimum Gasteiger partial charge on any atom is -0.494 e. The molecule has 0 bridgehead atoms. The summed E-state index contributed by atoms with van der Waals surface area (Å²) in [4.78, 5) is 27.9. The molecule has 0 aliphatic carbocycles. The summed E-state index contributed by atoms with van der Waals surface area (Å²) in [5, 5.41) is 11.9. The summed E-state index contributed by atoms with van der Waals surface area (Å²) in [7, 11) is 0. The number of carboxylic acid groups (broad SMARTS) is 1. The molecule has 1 heterocycles. The first kappa shape index (κ1) is 19.1. The van der Waals surface area contributed by atoms with Crippen molar-refractivity contribution < 1.29 is 19.4 Å². The molecular weight excluding hydrogens is 338 g/mol. The van der Waals surface area contributed by atoms with E-state index in [-0.39, 0.29) is 24.5 Å². The van der Waals surface area contributed by atoms with Crippen molar-refractivity contribution in [2.24, 2.45) is 11.8 Å². The van der Waals surface area contributed by atoms with Gasteiger partial charge in [-0.25, -0.2) is 4.98 Å². The lowest BCUT2D eigenvalue weighted by Crippen LogP contribution is -2.23. The Balaban J connectivity index is 2.01. The molecule has 0 amide bonds. The van der Waals surface area contributed by atoms with Crippen molar-refractivity contribution in [2.45, 2.75) is 33.6 Å². The average molecular weight is 361 g/mol. The van der Waals surface area contributed by atoms with Gasteiger partial charge in [-0.05, 0) is 37.1 Å². The lowest BCUT2D eigenvalue weighted by molar-refractivity contribution is -0.145. The summed E-state index contributed by atoms with van der Waals surface area (Å²) in [6, 6.07) is 7.67. The number of rotatable bonds is 9. The van der Waals surface area contributed by atoms with Crippen LogP contribution in [0.15, 0.2) is 29.6 Å². The summed E-state index contributed by atoms with van der Waals surface area (Å²) in [5.74, 6) is -0.916. The van der Waals surface area contributed by atoms with Crippen LogP contribution < -0.4 is 4.74 Å². The number of Topliss-reactive ketones (excluding diaryl/α,β-unsaturated/α-hetero) is 1. The van der Waals surface area contributed by atoms with Crippen molar-refractivity contribution in [2.75, 3.05) is 6.61 Å². The van der Waals surface area contributed by atoms with E-state index in [2.05, 4.69) is 4.98 Å². The number of nitrogens with zero attached hydrogens (tertiary/aromatic N) is 1. The van der Waals surface area contributed by atoms with E-state index >= 15 is 0 Å². The zero-order valence-electron chi connectivity index (χ0n) is 14.7. The summed E-state index contributed by atoms with van der Waals surface area (Å²) in [5.41, 5.74) is 1.66. The van der Waals surface area contributed by atoms with Crippen LogP contribution in [0.5, 0.6) is 5.75 Å². The predicted octanol–water partition coefficient (Wildman–Crippen LogP) is 4.07. The highest BCUT2D eigenvalue weighted by atomic mass is 32.1. The first-order chi connectivity index (χ1) is 11.9. The van der Waals surface area contributed by atoms with Gasteiger partial charge in [-0.1, -0.05) is 13.8 Å². The molecule has 0 radical (unpaired) electrons. The van der Waals surface area contributed by atoms with Gasteiger partial charge in [0, 0.05) is 23.8 Å². The smallest absolute Gasteiger partial charge is 0.307 e. The fourth-order valence-corrected chi connectivity index (χ4v) is 3.33. The topological polar surface area (TPSA) is 76.5 Å². The predicted molar refractivity (Wildman–Crippen MR) is 98.0 cm³/mol. The SMILES string of the molecule is CCOc1ccc(-c2nc(CC(=O)C[C@@H](C(=O)O)C(C)C)cs2)cc1. The number of carbonyl (C=O) groups excluding carboxylic acids is 1. The van der Waals surface area contributed by atoms with E-state index in [0.29, 0.717) is 12.3 Å². The highest BCUT2D eigenvalue weighted by molar-refractivity contribution is 7.13. The largest absolute Gasteiger partial charge is 0.494 e. The number of hydrogen-bond acceptors (Lipinski definition) is 5. The molecule has 0 fully saturated rings. The Morgan fingerprint density at radius 2 is 1.92 bits per heavy atom. The number of aliphatic carboxylic acids is 1. The molecule has 5 nitrogen and oxygen atoms in total.